The first kappa shape index (κ1) is 26.8. The molecule has 1 N–H and O–H groups in total. The minimum atomic E-state index is -1.16. The number of amides is 2. The van der Waals surface area contributed by atoms with Crippen molar-refractivity contribution in [3.8, 4) is 0 Å². The number of nitrogens with one attached hydrogen (secondary N) is 1. The molecule has 37 heavy (non-hydrogen) atoms. The summed E-state index contributed by atoms with van der Waals surface area (Å²) in [5, 5.41) is 3.85. The highest BCUT2D eigenvalue weighted by molar-refractivity contribution is 6.76. The van der Waals surface area contributed by atoms with Crippen LogP contribution in [0.5, 0.6) is 0 Å². The topological polar surface area (TPSA) is 98.6 Å². The lowest BCUT2D eigenvalue weighted by molar-refractivity contribution is -0.110. The van der Waals surface area contributed by atoms with E-state index in [1.165, 1.54) is 6.33 Å². The van der Waals surface area contributed by atoms with E-state index in [1.54, 1.807) is 4.90 Å². The summed E-state index contributed by atoms with van der Waals surface area (Å²) >= 11 is 0. The van der Waals surface area contributed by atoms with E-state index in [2.05, 4.69) is 34.9 Å². The van der Waals surface area contributed by atoms with E-state index in [9.17, 15) is 9.59 Å². The second-order valence-electron chi connectivity index (χ2n) is 10.8. The highest BCUT2D eigenvalue weighted by atomic mass is 28.3. The van der Waals surface area contributed by atoms with Crippen molar-refractivity contribution in [2.45, 2.75) is 57.9 Å². The van der Waals surface area contributed by atoms with Crippen molar-refractivity contribution in [1.82, 2.24) is 24.8 Å². The number of ether oxygens (including phenoxy) is 2. The molecule has 2 atom stereocenters. The molecule has 0 bridgehead atoms. The van der Waals surface area contributed by atoms with Gasteiger partial charge in [0.1, 0.15) is 25.3 Å². The predicted molar refractivity (Wildman–Crippen MR) is 144 cm³/mol. The van der Waals surface area contributed by atoms with E-state index in [4.69, 9.17) is 9.47 Å². The fourth-order valence-electron chi connectivity index (χ4n) is 4.69. The summed E-state index contributed by atoms with van der Waals surface area (Å²) in [5.41, 5.74) is 2.47. The van der Waals surface area contributed by atoms with Crippen LogP contribution in [0.3, 0.4) is 0 Å². The Balaban J connectivity index is 1.45. The molecule has 0 radical (unpaired) electrons. The maximum absolute atomic E-state index is 12.8. The molecule has 0 saturated carbocycles. The molecule has 0 spiro atoms. The minimum Gasteiger partial charge on any atom is -0.445 e. The molecule has 1 aliphatic rings. The van der Waals surface area contributed by atoms with Gasteiger partial charge in [0.2, 0.25) is 6.41 Å². The number of likely N-dealkylation sites (tertiary alicyclic amines) is 1. The number of benzene rings is 1. The van der Waals surface area contributed by atoms with E-state index in [1.807, 2.05) is 47.2 Å². The first-order valence-electron chi connectivity index (χ1n) is 12.9. The Morgan fingerprint density at radius 1 is 1.22 bits per heavy atom. The lowest BCUT2D eigenvalue weighted by Crippen LogP contribution is -2.44. The highest BCUT2D eigenvalue weighted by Crippen LogP contribution is 2.32. The molecule has 4 rings (SSSR count). The van der Waals surface area contributed by atoms with Crippen LogP contribution in [0.15, 0.2) is 48.9 Å². The molecule has 10 heteroatoms. The molecule has 3 heterocycles. The Morgan fingerprint density at radius 2 is 2.03 bits per heavy atom. The van der Waals surface area contributed by atoms with E-state index in [0.717, 1.165) is 47.8 Å². The SMILES string of the molecule is C[Si](C)(C)CCOCn1ccc2c(C(NC=O)C3CCCN(C(=O)OCc4ccccc4)C3)ncnc21. The van der Waals surface area contributed by atoms with Crippen LogP contribution in [-0.2, 0) is 27.6 Å². The summed E-state index contributed by atoms with van der Waals surface area (Å²) in [5.74, 6) is -0.00216. The van der Waals surface area contributed by atoms with Crippen molar-refractivity contribution in [3.63, 3.8) is 0 Å². The predicted octanol–water partition coefficient (Wildman–Crippen LogP) is 4.58. The molecular formula is C27H37N5O4Si. The lowest BCUT2D eigenvalue weighted by atomic mass is 9.88. The van der Waals surface area contributed by atoms with E-state index in [0.29, 0.717) is 26.2 Å². The number of carbonyl (C=O) groups excluding carboxylic acids is 2. The summed E-state index contributed by atoms with van der Waals surface area (Å²) < 4.78 is 13.5. The largest absolute Gasteiger partial charge is 0.445 e. The van der Waals surface area contributed by atoms with Crippen LogP contribution in [0.2, 0.25) is 25.7 Å². The molecule has 0 aliphatic carbocycles. The second kappa shape index (κ2) is 12.3. The number of aromatic nitrogens is 3. The fourth-order valence-corrected chi connectivity index (χ4v) is 5.44. The van der Waals surface area contributed by atoms with Crippen LogP contribution in [0.25, 0.3) is 11.0 Å². The third kappa shape index (κ3) is 7.17. The zero-order valence-electron chi connectivity index (χ0n) is 21.9. The summed E-state index contributed by atoms with van der Waals surface area (Å²) in [6.45, 7) is 9.47. The zero-order valence-corrected chi connectivity index (χ0v) is 22.9. The van der Waals surface area contributed by atoms with Crippen molar-refractivity contribution < 1.29 is 19.1 Å². The Kier molecular flexibility index (Phi) is 8.94. The number of nitrogens with zero attached hydrogens (tertiary/aromatic N) is 4. The maximum atomic E-state index is 12.8. The first-order chi connectivity index (χ1) is 17.9. The average molecular weight is 524 g/mol. The maximum Gasteiger partial charge on any atom is 0.410 e. The molecule has 1 aliphatic heterocycles. The van der Waals surface area contributed by atoms with E-state index < -0.39 is 8.07 Å². The quantitative estimate of drug-likeness (QED) is 0.224. The molecule has 198 valence electrons. The van der Waals surface area contributed by atoms with Gasteiger partial charge in [-0.15, -0.1) is 0 Å². The Hall–Kier alpha value is -3.24. The number of carbonyl (C=O) groups is 2. The number of rotatable bonds is 11. The normalized spacial score (nSPS) is 16.9. The van der Waals surface area contributed by atoms with E-state index in [-0.39, 0.29) is 24.7 Å². The van der Waals surface area contributed by atoms with Gasteiger partial charge in [0, 0.05) is 45.3 Å². The van der Waals surface area contributed by atoms with Crippen molar-refractivity contribution in [1.29, 1.82) is 0 Å². The zero-order chi connectivity index (χ0) is 26.3. The summed E-state index contributed by atoms with van der Waals surface area (Å²) in [4.78, 5) is 35.2. The van der Waals surface area contributed by atoms with Gasteiger partial charge in [0.05, 0.1) is 11.7 Å². The lowest BCUT2D eigenvalue weighted by Gasteiger charge is -2.36. The van der Waals surface area contributed by atoms with Gasteiger partial charge in [-0.05, 0) is 30.5 Å². The van der Waals surface area contributed by atoms with Gasteiger partial charge in [-0.3, -0.25) is 4.79 Å². The number of piperidine rings is 1. The number of fused-ring (bicyclic) bond motifs is 1. The van der Waals surface area contributed by atoms with Crippen LogP contribution in [0.4, 0.5) is 4.79 Å². The molecule has 1 fully saturated rings. The Bertz CT molecular complexity index is 1180. The number of hydrogen-bond acceptors (Lipinski definition) is 6. The van der Waals surface area contributed by atoms with Gasteiger partial charge in [-0.25, -0.2) is 14.8 Å². The van der Waals surface area contributed by atoms with Gasteiger partial charge < -0.3 is 24.3 Å². The molecule has 9 nitrogen and oxygen atoms in total. The van der Waals surface area contributed by atoms with E-state index >= 15 is 0 Å². The Morgan fingerprint density at radius 3 is 2.78 bits per heavy atom. The molecule has 1 saturated heterocycles. The van der Waals surface area contributed by atoms with Crippen molar-refractivity contribution in [2.75, 3.05) is 19.7 Å². The van der Waals surface area contributed by atoms with Gasteiger partial charge in [-0.1, -0.05) is 50.0 Å². The molecule has 2 amide bonds. The fraction of sp³-hybridized carbons (Fsp3) is 0.481. The van der Waals surface area contributed by atoms with Crippen LogP contribution >= 0.6 is 0 Å². The van der Waals surface area contributed by atoms with Gasteiger partial charge >= 0.3 is 6.09 Å². The third-order valence-corrected chi connectivity index (χ3v) is 8.45. The summed E-state index contributed by atoms with van der Waals surface area (Å²) in [6.07, 6.45) is 5.53. The van der Waals surface area contributed by atoms with Gasteiger partial charge in [0.25, 0.3) is 0 Å². The molecule has 2 aromatic heterocycles. The smallest absolute Gasteiger partial charge is 0.410 e. The van der Waals surface area contributed by atoms with Crippen LogP contribution < -0.4 is 5.32 Å². The molecule has 1 aromatic carbocycles. The van der Waals surface area contributed by atoms with Gasteiger partial charge in [-0.2, -0.15) is 0 Å². The van der Waals surface area contributed by atoms with Crippen molar-refractivity contribution in [2.24, 2.45) is 5.92 Å². The first-order valence-corrected chi connectivity index (χ1v) is 16.6. The average Bonchev–Trinajstić information content (AvgIpc) is 3.32. The van der Waals surface area contributed by atoms with Crippen molar-refractivity contribution >= 4 is 31.6 Å². The van der Waals surface area contributed by atoms with Crippen LogP contribution in [0, 0.1) is 5.92 Å². The Labute approximate surface area is 219 Å². The van der Waals surface area contributed by atoms with Crippen molar-refractivity contribution in [3.05, 3.63) is 60.2 Å². The number of hydrogen-bond donors (Lipinski definition) is 1. The monoisotopic (exact) mass is 523 g/mol. The molecule has 3 aromatic rings. The summed E-state index contributed by atoms with van der Waals surface area (Å²) in [6, 6.07) is 12.4. The summed E-state index contributed by atoms with van der Waals surface area (Å²) in [7, 11) is -1.16. The highest BCUT2D eigenvalue weighted by Gasteiger charge is 2.33. The van der Waals surface area contributed by atoms with Crippen LogP contribution in [-0.4, -0.2) is 59.7 Å². The second-order valence-corrected chi connectivity index (χ2v) is 16.4. The minimum absolute atomic E-state index is 0.00216. The molecule has 2 unspecified atom stereocenters. The van der Waals surface area contributed by atoms with Gasteiger partial charge in [0.15, 0.2) is 0 Å². The molecular weight excluding hydrogens is 486 g/mol. The van der Waals surface area contributed by atoms with Crippen LogP contribution in [0.1, 0.15) is 30.1 Å². The third-order valence-electron chi connectivity index (χ3n) is 6.75. The standard InChI is InChI=1S/C27H37N5O4Si/c1-37(2,3)15-14-35-20-32-13-11-23-25(28-18-29-26(23)32)24(30-19-33)22-10-7-12-31(16-22)27(34)36-17-21-8-5-4-6-9-21/h4-6,8-9,11,13,18-19,22,24H,7,10,12,14-17,20H2,1-3H3,(H,30,33).